The van der Waals surface area contributed by atoms with E-state index in [1.165, 1.54) is 12.1 Å². The van der Waals surface area contributed by atoms with Gasteiger partial charge in [0, 0.05) is 26.0 Å². The normalized spacial score (nSPS) is 16.8. The minimum Gasteiger partial charge on any atom is -0.370 e. The summed E-state index contributed by atoms with van der Waals surface area (Å²) in [6.07, 6.45) is 7.54. The highest BCUT2D eigenvalue weighted by Gasteiger charge is 2.05. The third kappa shape index (κ3) is 2.95. The van der Waals surface area contributed by atoms with Gasteiger partial charge in [-0.05, 0) is 25.5 Å². The summed E-state index contributed by atoms with van der Waals surface area (Å²) < 4.78 is 0. The fraction of sp³-hybridized carbons (Fsp3) is 0.667. The number of hydrogen-bond acceptors (Lipinski definition) is 3. The lowest BCUT2D eigenvalue weighted by atomic mass is 10.2. The summed E-state index contributed by atoms with van der Waals surface area (Å²) in [5.74, 6) is 0. The molecule has 1 aliphatic heterocycles. The van der Waals surface area contributed by atoms with E-state index in [0.717, 1.165) is 19.5 Å². The zero-order valence-corrected chi connectivity index (χ0v) is 7.88. The minimum absolute atomic E-state index is 0.956. The van der Waals surface area contributed by atoms with Crippen LogP contribution in [0, 0.1) is 0 Å². The summed E-state index contributed by atoms with van der Waals surface area (Å²) in [4.78, 5) is 6.10. The van der Waals surface area contributed by atoms with E-state index in [9.17, 15) is 0 Å². The van der Waals surface area contributed by atoms with E-state index >= 15 is 0 Å². The maximum Gasteiger partial charge on any atom is 0.0866 e. The molecule has 0 radical (unpaired) electrons. The second-order valence-corrected chi connectivity index (χ2v) is 3.08. The van der Waals surface area contributed by atoms with Crippen molar-refractivity contribution in [2.45, 2.75) is 19.3 Å². The van der Waals surface area contributed by atoms with Crippen LogP contribution < -0.4 is 5.32 Å². The van der Waals surface area contributed by atoms with Crippen LogP contribution in [0.1, 0.15) is 19.3 Å². The van der Waals surface area contributed by atoms with Gasteiger partial charge in [0.2, 0.25) is 0 Å². The predicted octanol–water partition coefficient (Wildman–Crippen LogP) is 1.19. The first-order valence-corrected chi connectivity index (χ1v) is 4.38. The topological polar surface area (TPSA) is 27.6 Å². The summed E-state index contributed by atoms with van der Waals surface area (Å²) in [7, 11) is 3.90. The Kier molecular flexibility index (Phi) is 3.64. The van der Waals surface area contributed by atoms with Gasteiger partial charge < -0.3 is 15.2 Å². The number of aliphatic imine (C=N–C) groups is 1. The first-order chi connectivity index (χ1) is 5.83. The average Bonchev–Trinajstić information content (AvgIpc) is 2.45. The molecule has 0 saturated heterocycles. The molecule has 1 rings (SSSR count). The van der Waals surface area contributed by atoms with Gasteiger partial charge in [-0.1, -0.05) is 0 Å². The van der Waals surface area contributed by atoms with Gasteiger partial charge in [0.05, 0.1) is 6.67 Å². The quantitative estimate of drug-likeness (QED) is 0.503. The number of nitrogens with one attached hydrogen (secondary N) is 1. The zero-order chi connectivity index (χ0) is 8.81. The van der Waals surface area contributed by atoms with Crippen molar-refractivity contribution in [2.75, 3.05) is 20.8 Å². The summed E-state index contributed by atoms with van der Waals surface area (Å²) in [5, 5.41) is 3.33. The molecule has 3 nitrogen and oxygen atoms in total. The zero-order valence-electron chi connectivity index (χ0n) is 7.88. The minimum atomic E-state index is 0.956. The summed E-state index contributed by atoms with van der Waals surface area (Å²) in [6, 6.07) is 0. The van der Waals surface area contributed by atoms with E-state index in [0.29, 0.717) is 0 Å². The predicted molar refractivity (Wildman–Crippen MR) is 52.1 cm³/mol. The highest BCUT2D eigenvalue weighted by atomic mass is 15.2. The van der Waals surface area contributed by atoms with Gasteiger partial charge >= 0.3 is 0 Å². The Morgan fingerprint density at radius 3 is 3.17 bits per heavy atom. The van der Waals surface area contributed by atoms with Crippen LogP contribution in [-0.2, 0) is 0 Å². The van der Waals surface area contributed by atoms with Crippen molar-refractivity contribution < 1.29 is 0 Å². The molecule has 0 amide bonds. The third-order valence-corrected chi connectivity index (χ3v) is 1.89. The highest BCUT2D eigenvalue weighted by molar-refractivity contribution is 5.56. The molecular weight excluding hydrogens is 150 g/mol. The Labute approximate surface area is 74.2 Å². The van der Waals surface area contributed by atoms with Crippen LogP contribution in [0.4, 0.5) is 0 Å². The van der Waals surface area contributed by atoms with Crippen LogP contribution in [0.3, 0.4) is 0 Å². The van der Waals surface area contributed by atoms with Crippen LogP contribution in [0.2, 0.25) is 0 Å². The Bertz CT molecular complexity index is 184. The van der Waals surface area contributed by atoms with Crippen molar-refractivity contribution in [1.82, 2.24) is 10.2 Å². The molecular formula is C9H17N3. The van der Waals surface area contributed by atoms with Gasteiger partial charge in [0.25, 0.3) is 0 Å². The lowest BCUT2D eigenvalue weighted by Gasteiger charge is -2.02. The number of allylic oxidation sites excluding steroid dienone is 1. The molecule has 0 atom stereocenters. The lowest BCUT2D eigenvalue weighted by molar-refractivity contribution is 0.472. The average molecular weight is 167 g/mol. The maximum atomic E-state index is 3.94. The Balaban J connectivity index is 2.11. The molecule has 0 bridgehead atoms. The maximum absolute atomic E-state index is 3.94. The van der Waals surface area contributed by atoms with Gasteiger partial charge in [-0.25, -0.2) is 0 Å². The van der Waals surface area contributed by atoms with E-state index < -0.39 is 0 Å². The number of hydrogen-bond donors (Lipinski definition) is 1. The molecule has 0 aromatic rings. The van der Waals surface area contributed by atoms with Gasteiger partial charge in [-0.15, -0.1) is 0 Å². The summed E-state index contributed by atoms with van der Waals surface area (Å²) >= 11 is 0. The molecule has 0 aromatic heterocycles. The second kappa shape index (κ2) is 4.80. The van der Waals surface area contributed by atoms with Crippen LogP contribution in [0.25, 0.3) is 0 Å². The van der Waals surface area contributed by atoms with E-state index in [-0.39, 0.29) is 0 Å². The molecule has 1 aliphatic rings. The van der Waals surface area contributed by atoms with Gasteiger partial charge in [0.1, 0.15) is 0 Å². The highest BCUT2D eigenvalue weighted by Crippen LogP contribution is 2.08. The molecule has 0 unspecified atom stereocenters. The van der Waals surface area contributed by atoms with Gasteiger partial charge in [-0.3, -0.25) is 0 Å². The van der Waals surface area contributed by atoms with Crippen LogP contribution in [-0.4, -0.2) is 31.9 Å². The third-order valence-electron chi connectivity index (χ3n) is 1.89. The van der Waals surface area contributed by atoms with E-state index in [2.05, 4.69) is 28.5 Å². The van der Waals surface area contributed by atoms with Crippen molar-refractivity contribution in [3.05, 3.63) is 11.9 Å². The second-order valence-electron chi connectivity index (χ2n) is 3.08. The molecule has 0 aromatic carbocycles. The van der Waals surface area contributed by atoms with Crippen LogP contribution >= 0.6 is 0 Å². The number of unbranched alkanes of at least 4 members (excludes halogenated alkanes) is 1. The van der Waals surface area contributed by atoms with E-state index in [1.54, 1.807) is 0 Å². The molecule has 0 fully saturated rings. The fourth-order valence-electron chi connectivity index (χ4n) is 1.25. The number of nitrogens with zero attached hydrogens (tertiary/aromatic N) is 2. The van der Waals surface area contributed by atoms with Crippen LogP contribution in [0.15, 0.2) is 16.9 Å². The lowest BCUT2D eigenvalue weighted by Crippen LogP contribution is -2.16. The van der Waals surface area contributed by atoms with Crippen molar-refractivity contribution in [2.24, 2.45) is 4.99 Å². The Morgan fingerprint density at radius 1 is 1.75 bits per heavy atom. The molecule has 1 heterocycles. The van der Waals surface area contributed by atoms with Gasteiger partial charge in [0.15, 0.2) is 0 Å². The van der Waals surface area contributed by atoms with Crippen LogP contribution in [0.5, 0.6) is 0 Å². The first kappa shape index (κ1) is 9.10. The fourth-order valence-corrected chi connectivity index (χ4v) is 1.25. The molecule has 0 spiro atoms. The number of rotatable bonds is 4. The monoisotopic (exact) mass is 167 g/mol. The smallest absolute Gasteiger partial charge is 0.0866 e. The van der Waals surface area contributed by atoms with E-state index in [4.69, 9.17) is 0 Å². The molecule has 1 N–H and O–H groups in total. The largest absolute Gasteiger partial charge is 0.370 e. The first-order valence-electron chi connectivity index (χ1n) is 4.38. The Hall–Kier alpha value is -0.990. The molecule has 0 saturated carbocycles. The van der Waals surface area contributed by atoms with Gasteiger partial charge in [-0.2, -0.15) is 0 Å². The van der Waals surface area contributed by atoms with E-state index in [1.807, 2.05) is 13.3 Å². The summed E-state index contributed by atoms with van der Waals surface area (Å²) in [6.45, 7) is 0.956. The van der Waals surface area contributed by atoms with Crippen molar-refractivity contribution >= 4 is 6.21 Å². The van der Waals surface area contributed by atoms with Crippen molar-refractivity contribution in [3.8, 4) is 0 Å². The van der Waals surface area contributed by atoms with Crippen molar-refractivity contribution in [1.29, 1.82) is 0 Å². The Morgan fingerprint density at radius 2 is 2.58 bits per heavy atom. The molecule has 0 aliphatic carbocycles. The SMILES string of the molecule is C/N=C/CCCC1=CN(C)CN1. The van der Waals surface area contributed by atoms with Crippen molar-refractivity contribution in [3.63, 3.8) is 0 Å². The standard InChI is InChI=1S/C9H17N3/c1-10-6-4-3-5-9-7-12(2)8-11-9/h6-7,11H,3-5,8H2,1-2H3/b10-6+. The molecule has 3 heteroatoms. The molecule has 68 valence electrons. The molecule has 12 heavy (non-hydrogen) atoms. The summed E-state index contributed by atoms with van der Waals surface area (Å²) in [5.41, 5.74) is 1.35.